The monoisotopic (exact) mass is 316 g/mol. The van der Waals surface area contributed by atoms with Gasteiger partial charge in [-0.1, -0.05) is 0 Å². The minimum Gasteiger partial charge on any atom is -0.359 e. The van der Waals surface area contributed by atoms with E-state index in [2.05, 4.69) is 15.3 Å². The molecule has 1 aromatic rings. The predicted molar refractivity (Wildman–Crippen MR) is 65.1 cm³/mol. The van der Waals surface area contributed by atoms with Gasteiger partial charge in [0.15, 0.2) is 5.69 Å². The summed E-state index contributed by atoms with van der Waals surface area (Å²) in [5, 5.41) is 2.52. The minimum absolute atomic E-state index is 0.225. The van der Waals surface area contributed by atoms with Gasteiger partial charge in [-0.25, -0.2) is 4.98 Å². The van der Waals surface area contributed by atoms with Crippen molar-refractivity contribution in [1.29, 1.82) is 0 Å². The molecule has 0 atom stereocenters. The molecular weight excluding hydrogens is 302 g/mol. The third kappa shape index (κ3) is 5.64. The summed E-state index contributed by atoms with van der Waals surface area (Å²) in [6.45, 7) is 1.42. The molecule has 1 heterocycles. The van der Waals surface area contributed by atoms with Gasteiger partial charge >= 0.3 is 12.4 Å². The van der Waals surface area contributed by atoms with E-state index >= 15 is 0 Å². The van der Waals surface area contributed by atoms with Crippen molar-refractivity contribution in [2.75, 3.05) is 30.4 Å². The van der Waals surface area contributed by atoms with Crippen molar-refractivity contribution < 1.29 is 26.3 Å². The van der Waals surface area contributed by atoms with Crippen LogP contribution >= 0.6 is 0 Å². The predicted octanol–water partition coefficient (Wildman–Crippen LogP) is 3.32. The van der Waals surface area contributed by atoms with Gasteiger partial charge in [0.2, 0.25) is 5.95 Å². The van der Waals surface area contributed by atoms with E-state index < -0.39 is 31.0 Å². The van der Waals surface area contributed by atoms with E-state index in [1.54, 1.807) is 6.92 Å². The van der Waals surface area contributed by atoms with E-state index in [0.717, 1.165) is 4.90 Å². The van der Waals surface area contributed by atoms with Crippen molar-refractivity contribution >= 4 is 11.8 Å². The lowest BCUT2D eigenvalue weighted by Crippen LogP contribution is -2.26. The molecule has 0 fully saturated rings. The van der Waals surface area contributed by atoms with Crippen molar-refractivity contribution in [3.63, 3.8) is 0 Å². The molecule has 0 aliphatic heterocycles. The standard InChI is InChI=1S/C11H14F6N4/c1-3-18-9-19-7(11(15,16)17)6-8(20-9)21(2)5-4-10(12,13)14/h6H,3-5H2,1-2H3,(H,18,19,20). The highest BCUT2D eigenvalue weighted by molar-refractivity contribution is 5.44. The van der Waals surface area contributed by atoms with Crippen molar-refractivity contribution in [3.05, 3.63) is 11.8 Å². The first-order valence-electron chi connectivity index (χ1n) is 6.01. The normalized spacial score (nSPS) is 12.4. The van der Waals surface area contributed by atoms with Crippen LogP contribution in [0, 0.1) is 0 Å². The minimum atomic E-state index is -4.70. The summed E-state index contributed by atoms with van der Waals surface area (Å²) in [7, 11) is 1.24. The molecular formula is C11H14F6N4. The lowest BCUT2D eigenvalue weighted by molar-refractivity contribution is -0.141. The summed E-state index contributed by atoms with van der Waals surface area (Å²) in [6.07, 6.45) is -10.2. The smallest absolute Gasteiger partial charge is 0.359 e. The largest absolute Gasteiger partial charge is 0.433 e. The van der Waals surface area contributed by atoms with E-state index in [1.165, 1.54) is 7.05 Å². The Kier molecular flexibility index (Phi) is 5.24. The Hall–Kier alpha value is -1.74. The zero-order valence-electron chi connectivity index (χ0n) is 11.3. The van der Waals surface area contributed by atoms with Gasteiger partial charge in [0.25, 0.3) is 0 Å². The molecule has 0 saturated heterocycles. The van der Waals surface area contributed by atoms with Gasteiger partial charge in [-0.3, -0.25) is 0 Å². The molecule has 0 amide bonds. The van der Waals surface area contributed by atoms with Crippen molar-refractivity contribution in [3.8, 4) is 0 Å². The number of hydrogen-bond acceptors (Lipinski definition) is 4. The first kappa shape index (κ1) is 17.3. The third-order valence-corrected chi connectivity index (χ3v) is 2.46. The average molecular weight is 316 g/mol. The highest BCUT2D eigenvalue weighted by atomic mass is 19.4. The van der Waals surface area contributed by atoms with Crippen molar-refractivity contribution in [2.24, 2.45) is 0 Å². The molecule has 4 nitrogen and oxygen atoms in total. The van der Waals surface area contributed by atoms with Gasteiger partial charge in [-0.2, -0.15) is 31.3 Å². The number of aromatic nitrogens is 2. The molecule has 1 rings (SSSR count). The molecule has 0 aliphatic rings. The number of anilines is 2. The summed E-state index contributed by atoms with van der Waals surface area (Å²) in [6, 6.07) is 0.622. The van der Waals surface area contributed by atoms with Gasteiger partial charge in [0.05, 0.1) is 6.42 Å². The van der Waals surface area contributed by atoms with Crippen LogP contribution in [-0.4, -0.2) is 36.3 Å². The number of nitrogens with one attached hydrogen (secondary N) is 1. The molecule has 0 aromatic carbocycles. The first-order chi connectivity index (χ1) is 9.53. The number of alkyl halides is 6. The Morgan fingerprint density at radius 2 is 1.76 bits per heavy atom. The Morgan fingerprint density at radius 3 is 2.24 bits per heavy atom. The van der Waals surface area contributed by atoms with Crippen LogP contribution in [-0.2, 0) is 6.18 Å². The zero-order chi connectivity index (χ0) is 16.3. The van der Waals surface area contributed by atoms with Crippen LogP contribution in [0.4, 0.5) is 38.1 Å². The maximum Gasteiger partial charge on any atom is 0.433 e. The highest BCUT2D eigenvalue weighted by Crippen LogP contribution is 2.30. The number of halogens is 6. The molecule has 0 aliphatic carbocycles. The average Bonchev–Trinajstić information content (AvgIpc) is 2.34. The second-order valence-corrected chi connectivity index (χ2v) is 4.25. The van der Waals surface area contributed by atoms with E-state index in [0.29, 0.717) is 6.07 Å². The number of nitrogens with zero attached hydrogens (tertiary/aromatic N) is 3. The van der Waals surface area contributed by atoms with E-state index in [4.69, 9.17) is 0 Å². The van der Waals surface area contributed by atoms with E-state index in [1.807, 2.05) is 0 Å². The fourth-order valence-electron chi connectivity index (χ4n) is 1.42. The Labute approximate surface area is 117 Å². The molecule has 0 saturated carbocycles. The first-order valence-corrected chi connectivity index (χ1v) is 6.01. The maximum absolute atomic E-state index is 12.7. The molecule has 1 N–H and O–H groups in total. The third-order valence-electron chi connectivity index (χ3n) is 2.46. The second kappa shape index (κ2) is 6.35. The maximum atomic E-state index is 12.7. The molecule has 1 aromatic heterocycles. The summed E-state index contributed by atoms with van der Waals surface area (Å²) in [4.78, 5) is 8.07. The molecule has 0 spiro atoms. The fourth-order valence-corrected chi connectivity index (χ4v) is 1.42. The molecule has 0 unspecified atom stereocenters. The Balaban J connectivity index is 3.02. The quantitative estimate of drug-likeness (QED) is 0.846. The number of rotatable bonds is 5. The number of hydrogen-bond donors (Lipinski definition) is 1. The van der Waals surface area contributed by atoms with Gasteiger partial charge in [0, 0.05) is 26.2 Å². The summed E-state index contributed by atoms with van der Waals surface area (Å²) >= 11 is 0. The van der Waals surface area contributed by atoms with Crippen LogP contribution in [0.2, 0.25) is 0 Å². The van der Waals surface area contributed by atoms with Gasteiger partial charge in [0.1, 0.15) is 5.82 Å². The fraction of sp³-hybridized carbons (Fsp3) is 0.636. The lowest BCUT2D eigenvalue weighted by Gasteiger charge is -2.20. The highest BCUT2D eigenvalue weighted by Gasteiger charge is 2.34. The Bertz CT molecular complexity index is 471. The zero-order valence-corrected chi connectivity index (χ0v) is 11.3. The molecule has 21 heavy (non-hydrogen) atoms. The van der Waals surface area contributed by atoms with Crippen LogP contribution in [0.1, 0.15) is 19.0 Å². The topological polar surface area (TPSA) is 41.1 Å². The summed E-state index contributed by atoms with van der Waals surface area (Å²) < 4.78 is 74.6. The van der Waals surface area contributed by atoms with Crippen LogP contribution in [0.25, 0.3) is 0 Å². The van der Waals surface area contributed by atoms with Gasteiger partial charge in [-0.05, 0) is 6.92 Å². The molecule has 0 bridgehead atoms. The van der Waals surface area contributed by atoms with E-state index in [-0.39, 0.29) is 18.3 Å². The molecule has 10 heteroatoms. The van der Waals surface area contributed by atoms with Crippen molar-refractivity contribution in [1.82, 2.24) is 9.97 Å². The van der Waals surface area contributed by atoms with Crippen molar-refractivity contribution in [2.45, 2.75) is 25.7 Å². The van der Waals surface area contributed by atoms with E-state index in [9.17, 15) is 26.3 Å². The van der Waals surface area contributed by atoms with Crippen LogP contribution in [0.5, 0.6) is 0 Å². The van der Waals surface area contributed by atoms with Crippen LogP contribution in [0.3, 0.4) is 0 Å². The molecule has 0 radical (unpaired) electrons. The summed E-state index contributed by atoms with van der Waals surface area (Å²) in [5.74, 6) is -0.501. The van der Waals surface area contributed by atoms with Crippen LogP contribution < -0.4 is 10.2 Å². The Morgan fingerprint density at radius 1 is 1.14 bits per heavy atom. The molecule has 120 valence electrons. The van der Waals surface area contributed by atoms with Gasteiger partial charge < -0.3 is 10.2 Å². The van der Waals surface area contributed by atoms with Crippen LogP contribution in [0.15, 0.2) is 6.07 Å². The SMILES string of the molecule is CCNc1nc(N(C)CCC(F)(F)F)cc(C(F)(F)F)n1. The lowest BCUT2D eigenvalue weighted by atomic mass is 10.3. The van der Waals surface area contributed by atoms with Gasteiger partial charge in [-0.15, -0.1) is 0 Å². The second-order valence-electron chi connectivity index (χ2n) is 4.25. The summed E-state index contributed by atoms with van der Waals surface area (Å²) in [5.41, 5.74) is -1.21.